The zero-order chi connectivity index (χ0) is 21.6. The second-order valence-electron chi connectivity index (χ2n) is 8.24. The molecule has 0 bridgehead atoms. The van der Waals surface area contributed by atoms with Crippen molar-refractivity contribution in [3.8, 4) is 5.75 Å². The van der Waals surface area contributed by atoms with Crippen molar-refractivity contribution in [3.05, 3.63) is 52.6 Å². The van der Waals surface area contributed by atoms with Gasteiger partial charge >= 0.3 is 0 Å². The molecule has 2 atom stereocenters. The Morgan fingerprint density at radius 2 is 1.72 bits per heavy atom. The third-order valence-electron chi connectivity index (χ3n) is 5.54. The van der Waals surface area contributed by atoms with E-state index >= 15 is 0 Å². The Labute approximate surface area is 179 Å². The maximum atomic E-state index is 6.13. The molecule has 0 radical (unpaired) electrons. The van der Waals surface area contributed by atoms with E-state index in [1.807, 2.05) is 0 Å². The van der Waals surface area contributed by atoms with Crippen LogP contribution in [-0.2, 0) is 9.89 Å². The molecule has 4 heteroatoms. The van der Waals surface area contributed by atoms with Crippen LogP contribution in [0.1, 0.15) is 55.4 Å². The van der Waals surface area contributed by atoms with E-state index in [0.717, 1.165) is 25.0 Å². The van der Waals surface area contributed by atoms with E-state index in [1.54, 1.807) is 7.11 Å². The number of hydrogen-bond acceptors (Lipinski definition) is 3. The molecule has 160 valence electrons. The highest BCUT2D eigenvalue weighted by atomic mass is 31.1. The maximum absolute atomic E-state index is 6.13. The summed E-state index contributed by atoms with van der Waals surface area (Å²) in [7, 11) is 6.63. The van der Waals surface area contributed by atoms with Crippen molar-refractivity contribution in [2.24, 2.45) is 0 Å². The molecule has 0 amide bonds. The number of aryl methyl sites for hydroxylation is 3. The molecular weight excluding hydrogens is 377 g/mol. The lowest BCUT2D eigenvalue weighted by Crippen LogP contribution is -2.26. The molecule has 0 N–H and O–H groups in total. The number of rotatable bonds is 10. The van der Waals surface area contributed by atoms with Crippen molar-refractivity contribution >= 4 is 19.6 Å². The zero-order valence-electron chi connectivity index (χ0n) is 19.5. The summed E-state index contributed by atoms with van der Waals surface area (Å²) in [6.07, 6.45) is 3.35. The van der Waals surface area contributed by atoms with Gasteiger partial charge < -0.3 is 14.4 Å². The predicted octanol–water partition coefficient (Wildman–Crippen LogP) is 6.07. The minimum atomic E-state index is 0.0502. The Balaban J connectivity index is 2.66. The Bertz CT molecular complexity index is 819. The Morgan fingerprint density at radius 1 is 1.00 bits per heavy atom. The summed E-state index contributed by atoms with van der Waals surface area (Å²) in [4.78, 5) is 2.24. The van der Waals surface area contributed by atoms with Gasteiger partial charge in [-0.2, -0.15) is 0 Å². The molecule has 0 spiro atoms. The molecule has 2 aromatic rings. The lowest BCUT2D eigenvalue weighted by Gasteiger charge is -2.37. The highest BCUT2D eigenvalue weighted by Gasteiger charge is 2.34. The summed E-state index contributed by atoms with van der Waals surface area (Å²) >= 11 is 0. The van der Waals surface area contributed by atoms with Crippen LogP contribution in [0.4, 0.5) is 5.69 Å². The molecule has 2 unspecified atom stereocenters. The van der Waals surface area contributed by atoms with Crippen LogP contribution in [0.25, 0.3) is 0 Å². The quantitative estimate of drug-likeness (QED) is 0.347. The van der Waals surface area contributed by atoms with Crippen LogP contribution < -0.4 is 14.9 Å². The van der Waals surface area contributed by atoms with Gasteiger partial charge in [-0.05, 0) is 56.1 Å². The van der Waals surface area contributed by atoms with Crippen molar-refractivity contribution in [2.75, 3.05) is 32.9 Å². The first-order valence-electron chi connectivity index (χ1n) is 10.6. The van der Waals surface area contributed by atoms with Crippen LogP contribution >= 0.6 is 8.58 Å². The van der Waals surface area contributed by atoms with Crippen molar-refractivity contribution < 1.29 is 9.47 Å². The fourth-order valence-corrected chi connectivity index (χ4v) is 6.12. The first-order chi connectivity index (χ1) is 13.8. The monoisotopic (exact) mass is 415 g/mol. The Morgan fingerprint density at radius 3 is 2.31 bits per heavy atom. The van der Waals surface area contributed by atoms with Crippen LogP contribution in [0.5, 0.6) is 5.75 Å². The van der Waals surface area contributed by atoms with Gasteiger partial charge in [-0.1, -0.05) is 58.7 Å². The molecule has 29 heavy (non-hydrogen) atoms. The van der Waals surface area contributed by atoms with E-state index in [2.05, 4.69) is 83.9 Å². The number of ether oxygens (including phenoxy) is 2. The van der Waals surface area contributed by atoms with E-state index in [1.165, 1.54) is 33.2 Å². The lowest BCUT2D eigenvalue weighted by molar-refractivity contribution is 0.0494. The van der Waals surface area contributed by atoms with Gasteiger partial charge in [0.1, 0.15) is 5.75 Å². The third kappa shape index (κ3) is 5.53. The van der Waals surface area contributed by atoms with E-state index in [-0.39, 0.29) is 11.9 Å². The molecule has 0 aromatic heterocycles. The molecule has 3 nitrogen and oxygen atoms in total. The van der Waals surface area contributed by atoms with Crippen LogP contribution in [0.3, 0.4) is 0 Å². The van der Waals surface area contributed by atoms with Crippen molar-refractivity contribution in [3.63, 3.8) is 0 Å². The van der Waals surface area contributed by atoms with E-state index in [9.17, 15) is 0 Å². The van der Waals surface area contributed by atoms with Crippen LogP contribution in [0.15, 0.2) is 30.3 Å². The molecular formula is C25H38NO2P. The summed E-state index contributed by atoms with van der Waals surface area (Å²) in [6, 6.07) is 11.4. The molecule has 2 rings (SSSR count). The summed E-state index contributed by atoms with van der Waals surface area (Å²) < 4.78 is 11.4. The minimum Gasteiger partial charge on any atom is -0.467 e. The third-order valence-corrected chi connectivity index (χ3v) is 7.59. The highest BCUT2D eigenvalue weighted by Crippen LogP contribution is 2.52. The molecule has 0 fully saturated rings. The number of nitrogens with zero attached hydrogens (tertiary/aromatic N) is 1. The van der Waals surface area contributed by atoms with Crippen LogP contribution in [0, 0.1) is 20.8 Å². The minimum absolute atomic E-state index is 0.0502. The van der Waals surface area contributed by atoms with Gasteiger partial charge in [0.15, 0.2) is 6.79 Å². The van der Waals surface area contributed by atoms with Crippen LogP contribution in [0.2, 0.25) is 0 Å². The van der Waals surface area contributed by atoms with Gasteiger partial charge in [0.05, 0.1) is 0 Å². The molecule has 0 heterocycles. The second-order valence-corrected chi connectivity index (χ2v) is 9.98. The molecule has 0 saturated carbocycles. The molecule has 0 saturated heterocycles. The smallest absolute Gasteiger partial charge is 0.188 e. The topological polar surface area (TPSA) is 21.7 Å². The van der Waals surface area contributed by atoms with Gasteiger partial charge in [-0.15, -0.1) is 0 Å². The normalized spacial score (nSPS) is 13.7. The van der Waals surface area contributed by atoms with Gasteiger partial charge in [0, 0.05) is 37.6 Å². The SMILES string of the molecule is CCCC(CC)(Pc1ccc(C)cc1N(C)C)c1cc(C)cc(C)c1OCOC. The summed E-state index contributed by atoms with van der Waals surface area (Å²) in [5.41, 5.74) is 6.43. The molecule has 0 aliphatic heterocycles. The molecule has 0 aliphatic rings. The van der Waals surface area contributed by atoms with Gasteiger partial charge in [0.25, 0.3) is 0 Å². The van der Waals surface area contributed by atoms with Gasteiger partial charge in [0.2, 0.25) is 0 Å². The first kappa shape index (κ1) is 23.7. The van der Waals surface area contributed by atoms with E-state index < -0.39 is 0 Å². The van der Waals surface area contributed by atoms with Crippen molar-refractivity contribution in [1.82, 2.24) is 0 Å². The standard InChI is InChI=1S/C25H38NO2P/c1-9-13-25(10-2,29-23-12-11-18(3)16-22(23)26(6)7)21-15-19(4)14-20(5)24(21)28-17-27-8/h11-12,14-16,29H,9-10,13,17H2,1-8H3. The zero-order valence-corrected chi connectivity index (χ0v) is 20.5. The first-order valence-corrected chi connectivity index (χ1v) is 11.6. The largest absolute Gasteiger partial charge is 0.467 e. The fraction of sp³-hybridized carbons (Fsp3) is 0.520. The number of anilines is 1. The maximum Gasteiger partial charge on any atom is 0.188 e. The van der Waals surface area contributed by atoms with E-state index in [0.29, 0.717) is 8.58 Å². The van der Waals surface area contributed by atoms with Gasteiger partial charge in [-0.25, -0.2) is 0 Å². The highest BCUT2D eigenvalue weighted by molar-refractivity contribution is 7.49. The van der Waals surface area contributed by atoms with E-state index in [4.69, 9.17) is 9.47 Å². The van der Waals surface area contributed by atoms with Crippen molar-refractivity contribution in [2.45, 2.75) is 59.0 Å². The Kier molecular flexibility index (Phi) is 8.55. The summed E-state index contributed by atoms with van der Waals surface area (Å²) in [5, 5.41) is 1.47. The second kappa shape index (κ2) is 10.5. The fourth-order valence-electron chi connectivity index (χ4n) is 4.14. The van der Waals surface area contributed by atoms with Crippen LogP contribution in [-0.4, -0.2) is 28.0 Å². The average Bonchev–Trinajstić information content (AvgIpc) is 2.67. The number of benzene rings is 2. The lowest BCUT2D eigenvalue weighted by atomic mass is 9.87. The number of methoxy groups -OCH3 is 1. The number of hydrogen-bond donors (Lipinski definition) is 0. The van der Waals surface area contributed by atoms with Crippen molar-refractivity contribution in [1.29, 1.82) is 0 Å². The molecule has 0 aliphatic carbocycles. The Hall–Kier alpha value is -1.57. The molecule has 2 aromatic carbocycles. The summed E-state index contributed by atoms with van der Waals surface area (Å²) in [5.74, 6) is 0.999. The predicted molar refractivity (Wildman–Crippen MR) is 129 cm³/mol. The summed E-state index contributed by atoms with van der Waals surface area (Å²) in [6.45, 7) is 11.4. The van der Waals surface area contributed by atoms with Gasteiger partial charge in [-0.3, -0.25) is 0 Å². The average molecular weight is 416 g/mol.